The first kappa shape index (κ1) is 29.7. The Hall–Kier alpha value is -2.32. The number of carbonyl (C=O) groups is 1. The van der Waals surface area contributed by atoms with Crippen molar-refractivity contribution in [3.63, 3.8) is 0 Å². The summed E-state index contributed by atoms with van der Waals surface area (Å²) in [4.78, 5) is 31.6. The highest BCUT2D eigenvalue weighted by Gasteiger charge is 2.26. The molecule has 11 heteroatoms. The van der Waals surface area contributed by atoms with Gasteiger partial charge in [0.15, 0.2) is 0 Å². The van der Waals surface area contributed by atoms with E-state index in [4.69, 9.17) is 14.5 Å². The van der Waals surface area contributed by atoms with Gasteiger partial charge in [-0.3, -0.25) is 9.69 Å². The number of nitrogens with one attached hydrogen (secondary N) is 1. The number of nitrogens with zero attached hydrogens (tertiary/aromatic N) is 5. The number of pyridine rings is 1. The van der Waals surface area contributed by atoms with Crippen LogP contribution in [-0.4, -0.2) is 87.3 Å². The van der Waals surface area contributed by atoms with Crippen molar-refractivity contribution >= 4 is 60.8 Å². The number of hydrogen-bond donors (Lipinski definition) is 1. The third-order valence-corrected chi connectivity index (χ3v) is 6.83. The van der Waals surface area contributed by atoms with E-state index in [1.54, 1.807) is 3.37 Å². The van der Waals surface area contributed by atoms with Gasteiger partial charge in [-0.1, -0.05) is 18.3 Å². The first-order chi connectivity index (χ1) is 18.9. The molecular weight excluding hydrogens is 627 g/mol. The van der Waals surface area contributed by atoms with Crippen LogP contribution < -0.4 is 10.2 Å². The first-order valence-corrected chi connectivity index (χ1v) is 14.8. The summed E-state index contributed by atoms with van der Waals surface area (Å²) < 4.78 is 13.0. The molecule has 1 amide bonds. The topological polar surface area (TPSA) is 92.7 Å². The zero-order chi connectivity index (χ0) is 27.8. The van der Waals surface area contributed by atoms with Gasteiger partial charge in [0.1, 0.15) is 11.6 Å². The molecule has 1 aromatic carbocycles. The molecule has 0 radical (unpaired) electrons. The van der Waals surface area contributed by atoms with Crippen LogP contribution in [0.2, 0.25) is 0 Å². The van der Waals surface area contributed by atoms with Crippen molar-refractivity contribution in [1.82, 2.24) is 25.2 Å². The summed E-state index contributed by atoms with van der Waals surface area (Å²) in [6.07, 6.45) is 4.01. The minimum atomic E-state index is -0.116. The zero-order valence-corrected chi connectivity index (χ0v) is 25.5. The van der Waals surface area contributed by atoms with E-state index >= 15 is 0 Å². The van der Waals surface area contributed by atoms with Crippen molar-refractivity contribution in [3.05, 3.63) is 59.7 Å². The lowest BCUT2D eigenvalue weighted by atomic mass is 10.1. The Kier molecular flexibility index (Phi) is 10.9. The molecule has 39 heavy (non-hydrogen) atoms. The SMILES string of the molecule is Cc1ncc(C(CNC(=O)c2cccc3nc(N4CC(C)OC(C)C4)ccc23)N2CCOCC2)cn1.S=CI. The predicted octanol–water partition coefficient (Wildman–Crippen LogP) is 4.13. The second-order valence-electron chi connectivity index (χ2n) is 9.73. The quantitative estimate of drug-likeness (QED) is 0.238. The van der Waals surface area contributed by atoms with E-state index in [-0.39, 0.29) is 24.2 Å². The number of benzene rings is 1. The van der Waals surface area contributed by atoms with E-state index < -0.39 is 0 Å². The number of rotatable bonds is 6. The van der Waals surface area contributed by atoms with Gasteiger partial charge in [-0.25, -0.2) is 15.0 Å². The molecule has 3 unspecified atom stereocenters. The number of carbonyl (C=O) groups excluding carboxylic acids is 1. The highest BCUT2D eigenvalue weighted by molar-refractivity contribution is 14.1. The smallest absolute Gasteiger partial charge is 0.252 e. The van der Waals surface area contributed by atoms with Gasteiger partial charge < -0.3 is 19.7 Å². The van der Waals surface area contributed by atoms with Gasteiger partial charge in [0, 0.05) is 65.0 Å². The van der Waals surface area contributed by atoms with Crippen molar-refractivity contribution in [2.45, 2.75) is 39.0 Å². The Morgan fingerprint density at radius 3 is 2.49 bits per heavy atom. The maximum atomic E-state index is 13.4. The Balaban J connectivity index is 0.00000112. The number of amides is 1. The monoisotopic (exact) mass is 662 g/mol. The largest absolute Gasteiger partial charge is 0.379 e. The molecule has 2 aliphatic rings. The minimum Gasteiger partial charge on any atom is -0.379 e. The van der Waals surface area contributed by atoms with Crippen molar-refractivity contribution in [3.8, 4) is 0 Å². The van der Waals surface area contributed by atoms with Crippen molar-refractivity contribution < 1.29 is 14.3 Å². The summed E-state index contributed by atoms with van der Waals surface area (Å²) in [6, 6.07) is 9.70. The highest BCUT2D eigenvalue weighted by atomic mass is 127. The molecule has 0 aliphatic carbocycles. The lowest BCUT2D eigenvalue weighted by Crippen LogP contribution is -2.45. The van der Waals surface area contributed by atoms with Gasteiger partial charge in [-0.2, -0.15) is 0 Å². The summed E-state index contributed by atoms with van der Waals surface area (Å²) in [5.74, 6) is 1.52. The molecule has 0 saturated carbocycles. The Morgan fingerprint density at radius 2 is 1.82 bits per heavy atom. The third-order valence-electron chi connectivity index (χ3n) is 6.83. The first-order valence-electron chi connectivity index (χ1n) is 13.1. The van der Waals surface area contributed by atoms with Crippen LogP contribution in [-0.2, 0) is 9.47 Å². The fraction of sp³-hybridized carbons (Fsp3) is 0.464. The van der Waals surface area contributed by atoms with Crippen molar-refractivity contribution in [2.24, 2.45) is 0 Å². The Bertz CT molecular complexity index is 1250. The average Bonchev–Trinajstić information content (AvgIpc) is 2.94. The molecule has 2 fully saturated rings. The molecule has 2 aliphatic heterocycles. The van der Waals surface area contributed by atoms with Crippen molar-refractivity contribution in [1.29, 1.82) is 0 Å². The molecule has 208 valence electrons. The molecule has 5 rings (SSSR count). The lowest BCUT2D eigenvalue weighted by Gasteiger charge is -2.36. The number of anilines is 1. The number of hydrogen-bond acceptors (Lipinski definition) is 9. The van der Waals surface area contributed by atoms with Crippen LogP contribution in [0.15, 0.2) is 42.7 Å². The number of morpholine rings is 2. The summed E-state index contributed by atoms with van der Waals surface area (Å²) in [7, 11) is 0. The van der Waals surface area contributed by atoms with E-state index in [1.807, 2.05) is 72.2 Å². The lowest BCUT2D eigenvalue weighted by molar-refractivity contribution is -0.00544. The van der Waals surface area contributed by atoms with E-state index in [0.29, 0.717) is 25.3 Å². The van der Waals surface area contributed by atoms with Gasteiger partial charge in [0.2, 0.25) is 0 Å². The molecule has 0 spiro atoms. The number of thiocarbonyl (C=S) groups is 1. The molecule has 2 saturated heterocycles. The van der Waals surface area contributed by atoms with Gasteiger partial charge in [-0.15, -0.1) is 0 Å². The summed E-state index contributed by atoms with van der Waals surface area (Å²) in [5, 5.41) is 4.00. The van der Waals surface area contributed by atoms with E-state index in [9.17, 15) is 4.79 Å². The summed E-state index contributed by atoms with van der Waals surface area (Å²) >= 11 is 6.23. The summed E-state index contributed by atoms with van der Waals surface area (Å²) in [5.41, 5.74) is 2.42. The van der Waals surface area contributed by atoms with Crippen LogP contribution in [0.4, 0.5) is 5.82 Å². The molecule has 3 aromatic rings. The minimum absolute atomic E-state index is 0.0246. The molecule has 3 atom stereocenters. The number of aromatic nitrogens is 3. The number of aryl methyl sites for hydroxylation is 1. The van der Waals surface area contributed by atoms with Crippen LogP contribution in [0, 0.1) is 6.92 Å². The predicted molar refractivity (Wildman–Crippen MR) is 166 cm³/mol. The fourth-order valence-electron chi connectivity index (χ4n) is 5.09. The standard InChI is InChI=1S/C27H34N6O3.CHIS/c1-18-16-33(17-19(2)36-18)26-8-7-22-23(5-4-6-24(22)31-26)27(34)30-15-25(32-9-11-35-12-10-32)21-13-28-20(3)29-14-21;2-1-3/h4-8,13-14,18-19,25H,9-12,15-17H2,1-3H3,(H,30,34);1H. The molecule has 1 N–H and O–H groups in total. The zero-order valence-electron chi connectivity index (χ0n) is 22.5. The molecular formula is C28H35IN6O3S. The molecule has 4 heterocycles. The van der Waals surface area contributed by atoms with Gasteiger partial charge in [0.25, 0.3) is 5.91 Å². The van der Waals surface area contributed by atoms with E-state index in [1.165, 1.54) is 0 Å². The van der Waals surface area contributed by atoms with E-state index in [0.717, 1.165) is 54.3 Å². The maximum absolute atomic E-state index is 13.4. The van der Waals surface area contributed by atoms with Crippen LogP contribution in [0.1, 0.15) is 41.6 Å². The van der Waals surface area contributed by atoms with Crippen LogP contribution >= 0.6 is 34.8 Å². The van der Waals surface area contributed by atoms with Crippen molar-refractivity contribution in [2.75, 3.05) is 50.8 Å². The Labute approximate surface area is 248 Å². The highest BCUT2D eigenvalue weighted by Crippen LogP contribution is 2.25. The van der Waals surface area contributed by atoms with Crippen LogP contribution in [0.5, 0.6) is 0 Å². The Morgan fingerprint density at radius 1 is 1.15 bits per heavy atom. The van der Waals surface area contributed by atoms with Gasteiger partial charge in [-0.05, 0) is 67.6 Å². The van der Waals surface area contributed by atoms with Gasteiger partial charge in [0.05, 0.1) is 37.0 Å². The fourth-order valence-corrected chi connectivity index (χ4v) is 5.09. The number of halogens is 1. The summed E-state index contributed by atoms with van der Waals surface area (Å²) in [6.45, 7) is 11.0. The molecule has 9 nitrogen and oxygen atoms in total. The van der Waals surface area contributed by atoms with Crippen LogP contribution in [0.3, 0.4) is 0 Å². The number of fused-ring (bicyclic) bond motifs is 1. The van der Waals surface area contributed by atoms with E-state index in [2.05, 4.69) is 51.1 Å². The van der Waals surface area contributed by atoms with Crippen LogP contribution in [0.25, 0.3) is 10.9 Å². The average molecular weight is 663 g/mol. The van der Waals surface area contributed by atoms with Gasteiger partial charge >= 0.3 is 0 Å². The molecule has 0 bridgehead atoms. The molecule has 2 aromatic heterocycles. The maximum Gasteiger partial charge on any atom is 0.252 e. The third kappa shape index (κ3) is 7.88. The normalized spacial score (nSPS) is 20.6. The second-order valence-corrected chi connectivity index (χ2v) is 11.4. The number of ether oxygens (including phenoxy) is 2. The second kappa shape index (κ2) is 14.4.